The molecule has 0 fully saturated rings. The van der Waals surface area contributed by atoms with Gasteiger partial charge in [-0.2, -0.15) is 0 Å². The molecule has 1 unspecified atom stereocenters. The van der Waals surface area contributed by atoms with Crippen LogP contribution < -0.4 is 0 Å². The van der Waals surface area contributed by atoms with Gasteiger partial charge in [0.25, 0.3) is 0 Å². The Morgan fingerprint density at radius 3 is 0.494 bits per heavy atom. The molecule has 0 bridgehead atoms. The van der Waals surface area contributed by atoms with E-state index in [0.717, 1.165) is 57.8 Å². The van der Waals surface area contributed by atoms with E-state index in [1.807, 2.05) is 0 Å². The maximum Gasteiger partial charge on any atom is 0.306 e. The van der Waals surface area contributed by atoms with Crippen molar-refractivity contribution in [3.8, 4) is 0 Å². The van der Waals surface area contributed by atoms with Gasteiger partial charge in [-0.15, -0.1) is 0 Å². The lowest BCUT2D eigenvalue weighted by Crippen LogP contribution is -2.30. The number of carbonyl (C=O) groups excluding carboxylic acids is 3. The van der Waals surface area contributed by atoms with E-state index in [4.69, 9.17) is 14.2 Å². The van der Waals surface area contributed by atoms with Crippen LogP contribution in [-0.2, 0) is 28.6 Å². The van der Waals surface area contributed by atoms with Crippen molar-refractivity contribution in [3.63, 3.8) is 0 Å². The Morgan fingerprint density at radius 2 is 0.333 bits per heavy atom. The molecule has 0 aromatic rings. The van der Waals surface area contributed by atoms with Gasteiger partial charge in [-0.25, -0.2) is 0 Å². The van der Waals surface area contributed by atoms with Crippen molar-refractivity contribution >= 4 is 17.9 Å². The second-order valence-electron chi connectivity index (χ2n) is 25.9. The minimum atomic E-state index is -0.763. The molecule has 0 saturated heterocycles. The third-order valence-electron chi connectivity index (χ3n) is 17.6. The second-order valence-corrected chi connectivity index (χ2v) is 25.9. The molecule has 482 valence electrons. The summed E-state index contributed by atoms with van der Waals surface area (Å²) >= 11 is 0. The van der Waals surface area contributed by atoms with Crippen molar-refractivity contribution in [2.75, 3.05) is 13.2 Å². The van der Waals surface area contributed by atoms with E-state index in [-0.39, 0.29) is 31.1 Å². The van der Waals surface area contributed by atoms with Crippen LogP contribution in [0.25, 0.3) is 0 Å². The molecule has 0 aliphatic carbocycles. The predicted octanol–water partition coefficient (Wildman–Crippen LogP) is 25.8. The summed E-state index contributed by atoms with van der Waals surface area (Å²) in [6.45, 7) is 6.75. The highest BCUT2D eigenvalue weighted by atomic mass is 16.6. The Labute approximate surface area is 508 Å². The highest BCUT2D eigenvalue weighted by Crippen LogP contribution is 2.20. The van der Waals surface area contributed by atoms with E-state index < -0.39 is 6.10 Å². The number of carbonyl (C=O) groups is 3. The lowest BCUT2D eigenvalue weighted by molar-refractivity contribution is -0.167. The average Bonchev–Trinajstić information content (AvgIpc) is 3.47. The van der Waals surface area contributed by atoms with Crippen LogP contribution in [0, 0.1) is 0 Å². The van der Waals surface area contributed by atoms with Crippen LogP contribution in [0.4, 0.5) is 0 Å². The normalized spacial score (nSPS) is 11.9. The fraction of sp³-hybridized carbons (Fsp3) is 0.960. The first-order chi connectivity index (χ1) is 40.0. The van der Waals surface area contributed by atoms with Gasteiger partial charge < -0.3 is 14.2 Å². The lowest BCUT2D eigenvalue weighted by atomic mass is 10.0. The summed E-state index contributed by atoms with van der Waals surface area (Å²) < 4.78 is 17.0. The van der Waals surface area contributed by atoms with Crippen molar-refractivity contribution in [2.24, 2.45) is 0 Å². The molecule has 0 rings (SSSR count). The quantitative estimate of drug-likeness (QED) is 0.0343. The highest BCUT2D eigenvalue weighted by Gasteiger charge is 2.20. The third-order valence-corrected chi connectivity index (χ3v) is 17.6. The van der Waals surface area contributed by atoms with Gasteiger partial charge in [-0.3, -0.25) is 14.4 Å². The fourth-order valence-electron chi connectivity index (χ4n) is 12.0. The zero-order chi connectivity index (χ0) is 58.5. The van der Waals surface area contributed by atoms with E-state index in [1.165, 1.54) is 347 Å². The summed E-state index contributed by atoms with van der Waals surface area (Å²) in [5, 5.41) is 0. The van der Waals surface area contributed by atoms with Gasteiger partial charge in [0.15, 0.2) is 6.10 Å². The van der Waals surface area contributed by atoms with Crippen molar-refractivity contribution in [3.05, 3.63) is 0 Å². The van der Waals surface area contributed by atoms with E-state index >= 15 is 0 Å². The molecule has 0 aromatic carbocycles. The Balaban J connectivity index is 4.14. The molecular weight excluding hydrogens is 997 g/mol. The smallest absolute Gasteiger partial charge is 0.306 e. The zero-order valence-corrected chi connectivity index (χ0v) is 55.6. The third kappa shape index (κ3) is 69.1. The minimum Gasteiger partial charge on any atom is -0.462 e. The Hall–Kier alpha value is -1.59. The van der Waals surface area contributed by atoms with Gasteiger partial charge in [0, 0.05) is 19.3 Å². The zero-order valence-electron chi connectivity index (χ0n) is 55.6. The molecule has 0 N–H and O–H groups in total. The van der Waals surface area contributed by atoms with E-state index in [1.54, 1.807) is 0 Å². The summed E-state index contributed by atoms with van der Waals surface area (Å²) in [5.41, 5.74) is 0. The molecule has 0 amide bonds. The summed E-state index contributed by atoms with van der Waals surface area (Å²) in [7, 11) is 0. The van der Waals surface area contributed by atoms with Crippen LogP contribution in [0.5, 0.6) is 0 Å². The molecule has 0 aliphatic rings. The van der Waals surface area contributed by atoms with E-state index in [9.17, 15) is 14.4 Å². The molecule has 1 atom stereocenters. The lowest BCUT2D eigenvalue weighted by Gasteiger charge is -2.18. The molecule has 0 spiro atoms. The minimum absolute atomic E-state index is 0.0600. The molecule has 0 aromatic heterocycles. The summed E-state index contributed by atoms with van der Waals surface area (Å²) in [6.07, 6.45) is 84.4. The molecule has 6 nitrogen and oxygen atoms in total. The standard InChI is InChI=1S/C75H146O6/c1-4-7-10-13-16-19-22-25-28-30-32-33-34-35-36-37-38-39-40-41-42-43-45-47-50-53-56-59-62-65-68-74(77)80-71-72(70-79-73(76)67-64-61-58-55-52-49-46-27-24-21-18-15-12-9-6-3)81-75(78)69-66-63-60-57-54-51-48-44-31-29-26-23-20-17-14-11-8-5-2/h72H,4-71H2,1-3H3. The largest absolute Gasteiger partial charge is 0.462 e. The van der Waals surface area contributed by atoms with Crippen LogP contribution >= 0.6 is 0 Å². The molecule has 0 radical (unpaired) electrons. The summed E-state index contributed by atoms with van der Waals surface area (Å²) in [6, 6.07) is 0. The SMILES string of the molecule is CCCCCCCCCCCCCCCCCCCCCCCCCCCCCCCCC(=O)OCC(COC(=O)CCCCCCCCCCCCCCCCC)OC(=O)CCCCCCCCCCCCCCCCCCCC. The van der Waals surface area contributed by atoms with E-state index in [0.29, 0.717) is 19.3 Å². The van der Waals surface area contributed by atoms with Crippen molar-refractivity contribution in [1.29, 1.82) is 0 Å². The highest BCUT2D eigenvalue weighted by molar-refractivity contribution is 5.71. The number of unbranched alkanes of at least 4 members (excludes halogenated alkanes) is 60. The van der Waals surface area contributed by atoms with Gasteiger partial charge in [-0.05, 0) is 19.3 Å². The van der Waals surface area contributed by atoms with Crippen LogP contribution in [0.2, 0.25) is 0 Å². The van der Waals surface area contributed by atoms with E-state index in [2.05, 4.69) is 20.8 Å². The number of hydrogen-bond donors (Lipinski definition) is 0. The Morgan fingerprint density at radius 1 is 0.198 bits per heavy atom. The molecule has 6 heteroatoms. The second kappa shape index (κ2) is 70.9. The van der Waals surface area contributed by atoms with Crippen molar-refractivity contribution < 1.29 is 28.6 Å². The molecule has 0 aliphatic heterocycles. The maximum absolute atomic E-state index is 13.0. The maximum atomic E-state index is 13.0. The van der Waals surface area contributed by atoms with Gasteiger partial charge in [-0.1, -0.05) is 406 Å². The van der Waals surface area contributed by atoms with Gasteiger partial charge in [0.05, 0.1) is 0 Å². The number of hydrogen-bond acceptors (Lipinski definition) is 6. The first kappa shape index (κ1) is 79.4. The molecule has 81 heavy (non-hydrogen) atoms. The first-order valence-corrected chi connectivity index (χ1v) is 37.5. The fourth-order valence-corrected chi connectivity index (χ4v) is 12.0. The van der Waals surface area contributed by atoms with Crippen molar-refractivity contribution in [2.45, 2.75) is 451 Å². The molecule has 0 saturated carbocycles. The number of ether oxygens (including phenoxy) is 3. The van der Waals surface area contributed by atoms with Crippen molar-refractivity contribution in [1.82, 2.24) is 0 Å². The predicted molar refractivity (Wildman–Crippen MR) is 354 cm³/mol. The van der Waals surface area contributed by atoms with Crippen LogP contribution in [0.3, 0.4) is 0 Å². The van der Waals surface area contributed by atoms with Crippen LogP contribution in [0.15, 0.2) is 0 Å². The summed E-state index contributed by atoms with van der Waals surface area (Å²) in [5.74, 6) is -0.817. The monoisotopic (exact) mass is 1140 g/mol. The molecule has 0 heterocycles. The average molecular weight is 1140 g/mol. The van der Waals surface area contributed by atoms with Gasteiger partial charge >= 0.3 is 17.9 Å². The van der Waals surface area contributed by atoms with Crippen LogP contribution in [0.1, 0.15) is 445 Å². The van der Waals surface area contributed by atoms with Gasteiger partial charge in [0.2, 0.25) is 0 Å². The topological polar surface area (TPSA) is 78.9 Å². The first-order valence-electron chi connectivity index (χ1n) is 37.5. The van der Waals surface area contributed by atoms with Crippen LogP contribution in [-0.4, -0.2) is 37.2 Å². The van der Waals surface area contributed by atoms with Gasteiger partial charge in [0.1, 0.15) is 13.2 Å². The summed E-state index contributed by atoms with van der Waals surface area (Å²) in [4.78, 5) is 38.5. The number of rotatable bonds is 71. The number of esters is 3. The Kier molecular flexibility index (Phi) is 69.5. The Bertz CT molecular complexity index is 1220. The molecular formula is C75H146O6.